The van der Waals surface area contributed by atoms with E-state index in [-0.39, 0.29) is 0 Å². The van der Waals surface area contributed by atoms with E-state index in [1.807, 2.05) is 0 Å². The minimum absolute atomic E-state index is 0.360. The van der Waals surface area contributed by atoms with Gasteiger partial charge in [-0.1, -0.05) is 11.6 Å². The van der Waals surface area contributed by atoms with Gasteiger partial charge in [-0.2, -0.15) is 15.4 Å². The molecule has 0 spiro atoms. The smallest absolute Gasteiger partial charge is 0.337 e. The number of rotatable bonds is 1. The van der Waals surface area contributed by atoms with Crippen LogP contribution >= 0.6 is 11.6 Å². The number of aromatic amines is 1. The van der Waals surface area contributed by atoms with Crippen LogP contribution in [0.2, 0.25) is 5.02 Å². The van der Waals surface area contributed by atoms with Crippen molar-refractivity contribution in [2.24, 2.45) is 0 Å². The molecule has 0 fully saturated rings. The fourth-order valence-corrected chi connectivity index (χ4v) is 1.40. The number of nitrogens with one attached hydrogen (secondary N) is 1. The molecule has 1 N–H and O–H groups in total. The van der Waals surface area contributed by atoms with Gasteiger partial charge < -0.3 is 4.74 Å². The van der Waals surface area contributed by atoms with Crippen LogP contribution < -0.4 is 0 Å². The molecule has 2 rings (SSSR count). The van der Waals surface area contributed by atoms with Crippen molar-refractivity contribution in [2.45, 2.75) is 0 Å². The maximum absolute atomic E-state index is 11.2. The van der Waals surface area contributed by atoms with E-state index in [4.69, 9.17) is 11.6 Å². The Bertz CT molecular complexity index is 494. The maximum atomic E-state index is 11.2. The van der Waals surface area contributed by atoms with E-state index in [9.17, 15) is 4.79 Å². The van der Waals surface area contributed by atoms with Gasteiger partial charge in [-0.3, -0.25) is 0 Å². The van der Waals surface area contributed by atoms with Crippen molar-refractivity contribution >= 4 is 28.6 Å². The quantitative estimate of drug-likeness (QED) is 0.724. The second-order valence-electron chi connectivity index (χ2n) is 2.64. The highest BCUT2D eigenvalue weighted by molar-refractivity contribution is 6.35. The number of fused-ring (bicyclic) bond motifs is 1. The number of esters is 1. The van der Waals surface area contributed by atoms with Crippen LogP contribution in [0.3, 0.4) is 0 Å². The molecule has 0 radical (unpaired) electrons. The van der Waals surface area contributed by atoms with Gasteiger partial charge in [0.15, 0.2) is 0 Å². The van der Waals surface area contributed by atoms with Crippen molar-refractivity contribution in [2.75, 3.05) is 7.11 Å². The highest BCUT2D eigenvalue weighted by Gasteiger charge is 2.11. The second-order valence-corrected chi connectivity index (χ2v) is 3.05. The Hall–Kier alpha value is -1.62. The zero-order chi connectivity index (χ0) is 10.1. The van der Waals surface area contributed by atoms with E-state index >= 15 is 0 Å². The predicted molar refractivity (Wildman–Crippen MR) is 50.2 cm³/mol. The van der Waals surface area contributed by atoms with Gasteiger partial charge >= 0.3 is 5.97 Å². The number of halogens is 1. The molecule has 0 bridgehead atoms. The summed E-state index contributed by atoms with van der Waals surface area (Å²) in [6, 6.07) is 3.06. The number of carbonyl (C=O) groups excluding carboxylic acids is 1. The Morgan fingerprint density at radius 3 is 3.00 bits per heavy atom. The van der Waals surface area contributed by atoms with Crippen LogP contribution in [-0.4, -0.2) is 28.5 Å². The molecule has 1 heterocycles. The van der Waals surface area contributed by atoms with Gasteiger partial charge in [-0.15, -0.1) is 0 Å². The second kappa shape index (κ2) is 3.26. The molecule has 0 saturated heterocycles. The van der Waals surface area contributed by atoms with E-state index in [2.05, 4.69) is 20.1 Å². The number of ether oxygens (including phenoxy) is 1. The molecule has 5 nitrogen and oxygen atoms in total. The summed E-state index contributed by atoms with van der Waals surface area (Å²) in [5.41, 5.74) is 1.44. The van der Waals surface area contributed by atoms with Gasteiger partial charge in [-0.25, -0.2) is 4.79 Å². The van der Waals surface area contributed by atoms with Gasteiger partial charge in [0.1, 0.15) is 11.0 Å². The molecule has 0 aliphatic carbocycles. The Morgan fingerprint density at radius 2 is 2.29 bits per heavy atom. The lowest BCUT2D eigenvalue weighted by atomic mass is 10.2. The number of H-pyrrole nitrogens is 1. The minimum atomic E-state index is -0.447. The number of aromatic nitrogens is 3. The van der Waals surface area contributed by atoms with Crippen LogP contribution in [0.25, 0.3) is 11.0 Å². The van der Waals surface area contributed by atoms with Gasteiger partial charge in [0, 0.05) is 0 Å². The SMILES string of the molecule is COC(=O)c1cc(Cl)c2n[nH]nc2c1. The number of hydrogen-bond acceptors (Lipinski definition) is 4. The topological polar surface area (TPSA) is 67.9 Å². The lowest BCUT2D eigenvalue weighted by Crippen LogP contribution is -2.00. The summed E-state index contributed by atoms with van der Waals surface area (Å²) in [6.45, 7) is 0. The monoisotopic (exact) mass is 211 g/mol. The van der Waals surface area contributed by atoms with E-state index in [0.717, 1.165) is 0 Å². The Kier molecular flexibility index (Phi) is 2.09. The largest absolute Gasteiger partial charge is 0.465 e. The average molecular weight is 212 g/mol. The molecule has 0 unspecified atom stereocenters. The van der Waals surface area contributed by atoms with Crippen LogP contribution in [0.15, 0.2) is 12.1 Å². The molecule has 72 valence electrons. The average Bonchev–Trinajstić information content (AvgIpc) is 2.64. The van der Waals surface area contributed by atoms with Crippen molar-refractivity contribution in [1.82, 2.24) is 15.4 Å². The van der Waals surface area contributed by atoms with Gasteiger partial charge in [0.05, 0.1) is 17.7 Å². The summed E-state index contributed by atoms with van der Waals surface area (Å²) in [7, 11) is 1.31. The Labute approximate surface area is 84.0 Å². The number of benzene rings is 1. The van der Waals surface area contributed by atoms with E-state index in [0.29, 0.717) is 21.6 Å². The first-order valence-corrected chi connectivity index (χ1v) is 4.18. The Balaban J connectivity index is 2.64. The molecular formula is C8H6ClN3O2. The molecule has 0 amide bonds. The highest BCUT2D eigenvalue weighted by Crippen LogP contribution is 2.21. The third-order valence-electron chi connectivity index (χ3n) is 1.80. The number of methoxy groups -OCH3 is 1. The minimum Gasteiger partial charge on any atom is -0.465 e. The molecule has 2 aromatic rings. The first-order chi connectivity index (χ1) is 6.72. The highest BCUT2D eigenvalue weighted by atomic mass is 35.5. The fraction of sp³-hybridized carbons (Fsp3) is 0.125. The number of hydrogen-bond donors (Lipinski definition) is 1. The lowest BCUT2D eigenvalue weighted by Gasteiger charge is -1.98. The molecule has 1 aromatic carbocycles. The third-order valence-corrected chi connectivity index (χ3v) is 2.08. The summed E-state index contributed by atoms with van der Waals surface area (Å²) < 4.78 is 4.56. The van der Waals surface area contributed by atoms with Crippen molar-refractivity contribution in [3.63, 3.8) is 0 Å². The molecule has 0 atom stereocenters. The fourth-order valence-electron chi connectivity index (χ4n) is 1.15. The molecule has 14 heavy (non-hydrogen) atoms. The van der Waals surface area contributed by atoms with Crippen molar-refractivity contribution in [3.05, 3.63) is 22.7 Å². The molecule has 1 aromatic heterocycles. The van der Waals surface area contributed by atoms with Crippen LogP contribution in [0.5, 0.6) is 0 Å². The summed E-state index contributed by atoms with van der Waals surface area (Å²) in [6.07, 6.45) is 0. The molecule has 6 heteroatoms. The zero-order valence-electron chi connectivity index (χ0n) is 7.24. The summed E-state index contributed by atoms with van der Waals surface area (Å²) in [5.74, 6) is -0.447. The van der Waals surface area contributed by atoms with Crippen molar-refractivity contribution in [3.8, 4) is 0 Å². The summed E-state index contributed by atoms with van der Waals surface area (Å²) in [5, 5.41) is 10.5. The summed E-state index contributed by atoms with van der Waals surface area (Å²) >= 11 is 5.87. The van der Waals surface area contributed by atoms with Crippen LogP contribution in [0, 0.1) is 0 Å². The van der Waals surface area contributed by atoms with Crippen molar-refractivity contribution < 1.29 is 9.53 Å². The standard InChI is InChI=1S/C8H6ClN3O2/c1-14-8(13)4-2-5(9)7-6(3-4)10-12-11-7/h2-3H,1H3,(H,10,11,12). The van der Waals surface area contributed by atoms with Crippen LogP contribution in [0.1, 0.15) is 10.4 Å². The van der Waals surface area contributed by atoms with Crippen LogP contribution in [0.4, 0.5) is 0 Å². The molecular weight excluding hydrogens is 206 g/mol. The zero-order valence-corrected chi connectivity index (χ0v) is 8.00. The van der Waals surface area contributed by atoms with Crippen molar-refractivity contribution in [1.29, 1.82) is 0 Å². The van der Waals surface area contributed by atoms with E-state index in [1.54, 1.807) is 6.07 Å². The van der Waals surface area contributed by atoms with Gasteiger partial charge in [0.2, 0.25) is 0 Å². The Morgan fingerprint density at radius 1 is 1.50 bits per heavy atom. The van der Waals surface area contributed by atoms with E-state index in [1.165, 1.54) is 13.2 Å². The maximum Gasteiger partial charge on any atom is 0.337 e. The third kappa shape index (κ3) is 1.31. The van der Waals surface area contributed by atoms with Gasteiger partial charge in [-0.05, 0) is 12.1 Å². The first kappa shape index (κ1) is 8.96. The lowest BCUT2D eigenvalue weighted by molar-refractivity contribution is 0.0601. The molecule has 0 aliphatic heterocycles. The molecule has 0 saturated carbocycles. The normalized spacial score (nSPS) is 10.4. The molecule has 0 aliphatic rings. The number of carbonyl (C=O) groups is 1. The first-order valence-electron chi connectivity index (χ1n) is 3.80. The number of nitrogens with zero attached hydrogens (tertiary/aromatic N) is 2. The predicted octanol–water partition coefficient (Wildman–Crippen LogP) is 1.40. The van der Waals surface area contributed by atoms with Gasteiger partial charge in [0.25, 0.3) is 0 Å². The summed E-state index contributed by atoms with van der Waals surface area (Å²) in [4.78, 5) is 11.2. The van der Waals surface area contributed by atoms with Crippen LogP contribution in [-0.2, 0) is 4.74 Å². The van der Waals surface area contributed by atoms with E-state index < -0.39 is 5.97 Å².